The predicted molar refractivity (Wildman–Crippen MR) is 115 cm³/mol. The lowest BCUT2D eigenvalue weighted by molar-refractivity contribution is -0.156. The minimum Gasteiger partial charge on any atom is -0.458 e. The van der Waals surface area contributed by atoms with Crippen LogP contribution in [-0.4, -0.2) is 5.97 Å². The summed E-state index contributed by atoms with van der Waals surface area (Å²) in [4.78, 5) is 12.8. The fourth-order valence-electron chi connectivity index (χ4n) is 3.17. The van der Waals surface area contributed by atoms with Gasteiger partial charge in [0.05, 0.1) is 5.92 Å². The van der Waals surface area contributed by atoms with E-state index in [-0.39, 0.29) is 28.2 Å². The molecule has 150 valence electrons. The molecule has 28 heavy (non-hydrogen) atoms. The molecule has 0 saturated carbocycles. The van der Waals surface area contributed by atoms with Gasteiger partial charge in [-0.1, -0.05) is 80.4 Å². The van der Waals surface area contributed by atoms with Crippen LogP contribution in [0.25, 0.3) is 0 Å². The topological polar surface area (TPSA) is 35.5 Å². The van der Waals surface area contributed by atoms with Gasteiger partial charge in [-0.05, 0) is 48.6 Å². The van der Waals surface area contributed by atoms with Gasteiger partial charge in [-0.15, -0.1) is 0 Å². The zero-order chi connectivity index (χ0) is 20.7. The summed E-state index contributed by atoms with van der Waals surface area (Å²) in [6.07, 6.45) is 1.27. The number of hydrogen-bond acceptors (Lipinski definition) is 3. The Morgan fingerprint density at radius 1 is 0.929 bits per heavy atom. The third-order valence-corrected chi connectivity index (χ3v) is 4.80. The molecule has 0 aliphatic carbocycles. The molecule has 0 aliphatic heterocycles. The molecule has 3 atom stereocenters. The van der Waals surface area contributed by atoms with Crippen molar-refractivity contribution in [2.45, 2.75) is 33.8 Å². The van der Waals surface area contributed by atoms with E-state index >= 15 is 0 Å². The van der Waals surface area contributed by atoms with Gasteiger partial charge in [-0.3, -0.25) is 4.79 Å². The number of ether oxygens (including phenoxy) is 2. The molecule has 0 spiro atoms. The van der Waals surface area contributed by atoms with Gasteiger partial charge >= 0.3 is 5.97 Å². The van der Waals surface area contributed by atoms with Gasteiger partial charge in [-0.25, -0.2) is 0 Å². The first kappa shape index (κ1) is 22.3. The van der Waals surface area contributed by atoms with Crippen molar-refractivity contribution in [3.8, 4) is 11.5 Å². The lowest BCUT2D eigenvalue weighted by atomic mass is 9.84. The number of para-hydroxylation sites is 1. The maximum Gasteiger partial charge on any atom is 0.310 e. The molecule has 0 saturated heterocycles. The van der Waals surface area contributed by atoms with E-state index in [9.17, 15) is 4.79 Å². The van der Waals surface area contributed by atoms with E-state index in [2.05, 4.69) is 0 Å². The Labute approximate surface area is 177 Å². The molecule has 3 nitrogen and oxygen atoms in total. The summed E-state index contributed by atoms with van der Waals surface area (Å²) < 4.78 is 11.8. The van der Waals surface area contributed by atoms with Gasteiger partial charge in [-0.2, -0.15) is 0 Å². The Balaban J connectivity index is 2.10. The minimum atomic E-state index is -0.407. The van der Waals surface area contributed by atoms with Crippen molar-refractivity contribution in [1.29, 1.82) is 0 Å². The van der Waals surface area contributed by atoms with Crippen molar-refractivity contribution in [2.24, 2.45) is 17.8 Å². The van der Waals surface area contributed by atoms with Crippen LogP contribution in [0, 0.1) is 17.8 Å². The average Bonchev–Trinajstić information content (AvgIpc) is 2.61. The zero-order valence-electron chi connectivity index (χ0n) is 16.6. The quantitative estimate of drug-likeness (QED) is 0.419. The second-order valence-corrected chi connectivity index (χ2v) is 8.16. The van der Waals surface area contributed by atoms with Crippen LogP contribution >= 0.6 is 23.2 Å². The van der Waals surface area contributed by atoms with Crippen LogP contribution in [0.1, 0.15) is 39.4 Å². The summed E-state index contributed by atoms with van der Waals surface area (Å²) in [6, 6.07) is 17.1. The van der Waals surface area contributed by atoms with Gasteiger partial charge in [0, 0.05) is 0 Å². The molecule has 5 heteroatoms. The van der Waals surface area contributed by atoms with Crippen LogP contribution in [-0.2, 0) is 9.53 Å². The van der Waals surface area contributed by atoms with Gasteiger partial charge in [0.1, 0.15) is 22.1 Å². The molecule has 2 aromatic rings. The fourth-order valence-corrected chi connectivity index (χ4v) is 3.57. The van der Waals surface area contributed by atoms with Crippen molar-refractivity contribution < 1.29 is 14.3 Å². The summed E-state index contributed by atoms with van der Waals surface area (Å²) in [5, 5.41) is 0. The van der Waals surface area contributed by atoms with E-state index in [1.807, 2.05) is 82.3 Å². The number of esters is 1. The van der Waals surface area contributed by atoms with Crippen LogP contribution in [0.15, 0.2) is 65.2 Å². The average molecular weight is 421 g/mol. The Morgan fingerprint density at radius 3 is 2.18 bits per heavy atom. The lowest BCUT2D eigenvalue weighted by Gasteiger charge is -2.25. The van der Waals surface area contributed by atoms with E-state index in [1.54, 1.807) is 6.08 Å². The smallest absolute Gasteiger partial charge is 0.310 e. The first-order chi connectivity index (χ1) is 13.3. The molecular weight excluding hydrogens is 395 g/mol. The summed E-state index contributed by atoms with van der Waals surface area (Å²) in [6.45, 7) is 7.73. The second-order valence-electron chi connectivity index (χ2n) is 7.15. The molecule has 2 aromatic carbocycles. The van der Waals surface area contributed by atoms with Gasteiger partial charge in [0.2, 0.25) is 0 Å². The van der Waals surface area contributed by atoms with E-state index in [0.717, 1.165) is 11.3 Å². The van der Waals surface area contributed by atoms with Gasteiger partial charge in [0.15, 0.2) is 0 Å². The minimum absolute atomic E-state index is 0.0892. The normalized spacial score (nSPS) is 14.1. The van der Waals surface area contributed by atoms with Crippen molar-refractivity contribution in [2.75, 3.05) is 0 Å². The lowest BCUT2D eigenvalue weighted by Crippen LogP contribution is -2.29. The molecule has 0 heterocycles. The number of allylic oxidation sites excluding steroid dienone is 1. The SMILES string of the molecule is CC(OC(=O)C(C(C)C)C(C)C=C(Cl)Cl)c1cccc(Oc2ccccc2)c1. The van der Waals surface area contributed by atoms with Crippen molar-refractivity contribution in [3.05, 3.63) is 70.7 Å². The Bertz CT molecular complexity index is 799. The number of hydrogen-bond donors (Lipinski definition) is 0. The first-order valence-corrected chi connectivity index (χ1v) is 10.1. The zero-order valence-corrected chi connectivity index (χ0v) is 18.1. The molecular formula is C23H26Cl2O3. The first-order valence-electron chi connectivity index (χ1n) is 9.34. The van der Waals surface area contributed by atoms with Crippen LogP contribution in [0.4, 0.5) is 0 Å². The summed E-state index contributed by atoms with van der Waals surface area (Å²) in [5.74, 6) is 0.803. The summed E-state index contributed by atoms with van der Waals surface area (Å²) in [7, 11) is 0. The van der Waals surface area contributed by atoms with E-state index in [4.69, 9.17) is 32.7 Å². The molecule has 0 N–H and O–H groups in total. The molecule has 0 bridgehead atoms. The molecule has 0 aliphatic rings. The highest BCUT2D eigenvalue weighted by Gasteiger charge is 2.30. The van der Waals surface area contributed by atoms with Gasteiger partial charge in [0.25, 0.3) is 0 Å². The Kier molecular flexibility index (Phi) is 8.40. The molecule has 0 amide bonds. The van der Waals surface area contributed by atoms with Crippen LogP contribution in [0.5, 0.6) is 11.5 Å². The molecule has 0 radical (unpaired) electrons. The van der Waals surface area contributed by atoms with E-state index in [1.165, 1.54) is 0 Å². The highest BCUT2D eigenvalue weighted by Crippen LogP contribution is 2.30. The van der Waals surface area contributed by atoms with Crippen molar-refractivity contribution >= 4 is 29.2 Å². The largest absolute Gasteiger partial charge is 0.458 e. The van der Waals surface area contributed by atoms with Crippen LogP contribution in [0.2, 0.25) is 0 Å². The third-order valence-electron chi connectivity index (χ3n) is 4.55. The molecule has 0 aromatic heterocycles. The molecule has 0 fully saturated rings. The maximum absolute atomic E-state index is 12.8. The Hall–Kier alpha value is -1.97. The second kappa shape index (κ2) is 10.5. The summed E-state index contributed by atoms with van der Waals surface area (Å²) >= 11 is 11.5. The maximum atomic E-state index is 12.8. The third kappa shape index (κ3) is 6.57. The van der Waals surface area contributed by atoms with Gasteiger partial charge < -0.3 is 9.47 Å². The molecule has 2 rings (SSSR count). The summed E-state index contributed by atoms with van der Waals surface area (Å²) in [5.41, 5.74) is 0.864. The fraction of sp³-hybridized carbons (Fsp3) is 0.348. The van der Waals surface area contributed by atoms with E-state index in [0.29, 0.717) is 5.75 Å². The number of benzene rings is 2. The monoisotopic (exact) mass is 420 g/mol. The number of halogens is 2. The highest BCUT2D eigenvalue weighted by atomic mass is 35.5. The number of rotatable bonds is 8. The standard InChI is InChI=1S/C23H26Cl2O3/c1-15(2)22(16(3)13-21(24)25)23(26)27-17(4)18-9-8-12-20(14-18)28-19-10-6-5-7-11-19/h5-17,22H,1-4H3. The van der Waals surface area contributed by atoms with Crippen LogP contribution in [0.3, 0.4) is 0 Å². The highest BCUT2D eigenvalue weighted by molar-refractivity contribution is 6.55. The number of carbonyl (C=O) groups excluding carboxylic acids is 1. The number of carbonyl (C=O) groups is 1. The predicted octanol–water partition coefficient (Wildman–Crippen LogP) is 7.31. The van der Waals surface area contributed by atoms with E-state index < -0.39 is 6.10 Å². The van der Waals surface area contributed by atoms with Crippen molar-refractivity contribution in [3.63, 3.8) is 0 Å². The molecule has 3 unspecified atom stereocenters. The van der Waals surface area contributed by atoms with Crippen LogP contribution < -0.4 is 4.74 Å². The Morgan fingerprint density at radius 2 is 1.57 bits per heavy atom. The van der Waals surface area contributed by atoms with Crippen molar-refractivity contribution in [1.82, 2.24) is 0 Å².